The highest BCUT2D eigenvalue weighted by molar-refractivity contribution is 7.99. The van der Waals surface area contributed by atoms with Crippen molar-refractivity contribution in [2.45, 2.75) is 30.6 Å². The molecule has 1 saturated heterocycles. The van der Waals surface area contributed by atoms with Crippen molar-refractivity contribution in [1.82, 2.24) is 9.55 Å². The summed E-state index contributed by atoms with van der Waals surface area (Å²) < 4.78 is 17.9. The Kier molecular flexibility index (Phi) is 6.58. The average Bonchev–Trinajstić information content (AvgIpc) is 3.32. The normalized spacial score (nSPS) is 15.9. The van der Waals surface area contributed by atoms with Crippen LogP contribution in [0.15, 0.2) is 52.4 Å². The van der Waals surface area contributed by atoms with E-state index in [1.54, 1.807) is 35.9 Å². The fourth-order valence-electron chi connectivity index (χ4n) is 3.65. The summed E-state index contributed by atoms with van der Waals surface area (Å²) in [5.74, 6) is 1.04. The van der Waals surface area contributed by atoms with Gasteiger partial charge < -0.3 is 14.2 Å². The monoisotopic (exact) mass is 440 g/mol. The predicted octanol–water partition coefficient (Wildman–Crippen LogP) is 3.57. The van der Waals surface area contributed by atoms with Crippen LogP contribution in [-0.4, -0.2) is 48.0 Å². The molecule has 0 amide bonds. The van der Waals surface area contributed by atoms with Gasteiger partial charge in [-0.15, -0.1) is 0 Å². The maximum absolute atomic E-state index is 13.2. The molecular formula is C23H24N2O5S. The zero-order chi connectivity index (χ0) is 21.8. The van der Waals surface area contributed by atoms with E-state index in [9.17, 15) is 9.59 Å². The van der Waals surface area contributed by atoms with Gasteiger partial charge in [0.15, 0.2) is 10.9 Å². The molecule has 0 radical (unpaired) electrons. The van der Waals surface area contributed by atoms with Crippen LogP contribution in [0.5, 0.6) is 11.5 Å². The second-order valence-corrected chi connectivity index (χ2v) is 8.18. The minimum atomic E-state index is -0.133. The first-order valence-electron chi connectivity index (χ1n) is 10.1. The Morgan fingerprint density at radius 2 is 2.06 bits per heavy atom. The summed E-state index contributed by atoms with van der Waals surface area (Å²) in [6.07, 6.45) is 1.87. The SMILES string of the molecule is COc1ccc(OC)c(C(=O)CSc2nc3ccccc3c(=O)n2C[C@H]2CCCO2)c1. The van der Waals surface area contributed by atoms with E-state index in [0.29, 0.717) is 46.3 Å². The molecule has 0 N–H and O–H groups in total. The minimum absolute atomic E-state index is 0.0193. The van der Waals surface area contributed by atoms with Crippen molar-refractivity contribution in [3.05, 3.63) is 58.4 Å². The van der Waals surface area contributed by atoms with Gasteiger partial charge in [0, 0.05) is 6.61 Å². The number of Topliss-reactive ketones (excluding diaryl/α,β-unsaturated/α-hetero) is 1. The highest BCUT2D eigenvalue weighted by Gasteiger charge is 2.21. The van der Waals surface area contributed by atoms with E-state index in [1.807, 2.05) is 18.2 Å². The molecule has 1 aliphatic rings. The molecule has 0 spiro atoms. The lowest BCUT2D eigenvalue weighted by atomic mass is 10.1. The molecule has 0 bridgehead atoms. The van der Waals surface area contributed by atoms with E-state index in [-0.39, 0.29) is 23.2 Å². The highest BCUT2D eigenvalue weighted by atomic mass is 32.2. The molecule has 0 aliphatic carbocycles. The number of hydrogen-bond acceptors (Lipinski definition) is 7. The van der Waals surface area contributed by atoms with Gasteiger partial charge in [-0.05, 0) is 43.2 Å². The Balaban J connectivity index is 1.64. The molecule has 2 heterocycles. The molecule has 1 aliphatic heterocycles. The van der Waals surface area contributed by atoms with Gasteiger partial charge >= 0.3 is 0 Å². The lowest BCUT2D eigenvalue weighted by molar-refractivity contribution is 0.0937. The smallest absolute Gasteiger partial charge is 0.262 e. The van der Waals surface area contributed by atoms with E-state index >= 15 is 0 Å². The standard InChI is InChI=1S/C23H24N2O5S/c1-28-15-9-10-21(29-2)18(12-15)20(26)14-31-23-24-19-8-4-3-7-17(19)22(27)25(23)13-16-6-5-11-30-16/h3-4,7-10,12,16H,5-6,11,13-14H2,1-2H3/t16-/m1/s1. The molecule has 0 unspecified atom stereocenters. The van der Waals surface area contributed by atoms with Crippen LogP contribution in [0.1, 0.15) is 23.2 Å². The van der Waals surface area contributed by atoms with Crippen molar-refractivity contribution < 1.29 is 19.0 Å². The van der Waals surface area contributed by atoms with Crippen LogP contribution in [-0.2, 0) is 11.3 Å². The molecule has 8 heteroatoms. The summed E-state index contributed by atoms with van der Waals surface area (Å²) in [5.41, 5.74) is 0.933. The topological polar surface area (TPSA) is 79.7 Å². The maximum atomic E-state index is 13.2. The molecule has 4 rings (SSSR count). The lowest BCUT2D eigenvalue weighted by Crippen LogP contribution is -2.29. The van der Waals surface area contributed by atoms with Gasteiger partial charge in [0.1, 0.15) is 11.5 Å². The molecule has 1 fully saturated rings. The summed E-state index contributed by atoms with van der Waals surface area (Å²) in [6.45, 7) is 1.13. The highest BCUT2D eigenvalue weighted by Crippen LogP contribution is 2.27. The number of ketones is 1. The molecule has 1 atom stereocenters. The molecule has 31 heavy (non-hydrogen) atoms. The van der Waals surface area contributed by atoms with Crippen LogP contribution >= 0.6 is 11.8 Å². The summed E-state index contributed by atoms with van der Waals surface area (Å²) >= 11 is 1.25. The van der Waals surface area contributed by atoms with Crippen LogP contribution in [0, 0.1) is 0 Å². The van der Waals surface area contributed by atoms with Crippen LogP contribution in [0.4, 0.5) is 0 Å². The number of rotatable bonds is 8. The van der Waals surface area contributed by atoms with Crippen molar-refractivity contribution in [2.75, 3.05) is 26.6 Å². The van der Waals surface area contributed by atoms with E-state index in [2.05, 4.69) is 4.98 Å². The molecular weight excluding hydrogens is 416 g/mol. The Morgan fingerprint density at radius 3 is 2.81 bits per heavy atom. The summed E-state index contributed by atoms with van der Waals surface area (Å²) in [5, 5.41) is 1.07. The quantitative estimate of drug-likeness (QED) is 0.301. The van der Waals surface area contributed by atoms with Gasteiger partial charge in [0.25, 0.3) is 5.56 Å². The molecule has 0 saturated carbocycles. The number of para-hydroxylation sites is 1. The Hall–Kier alpha value is -2.84. The molecule has 1 aromatic heterocycles. The van der Waals surface area contributed by atoms with Crippen molar-refractivity contribution >= 4 is 28.4 Å². The second kappa shape index (κ2) is 9.53. The largest absolute Gasteiger partial charge is 0.497 e. The summed E-state index contributed by atoms with van der Waals surface area (Å²) in [6, 6.07) is 12.4. The van der Waals surface area contributed by atoms with Crippen molar-refractivity contribution in [1.29, 1.82) is 0 Å². The van der Waals surface area contributed by atoms with Crippen LogP contribution in [0.2, 0.25) is 0 Å². The van der Waals surface area contributed by atoms with E-state index < -0.39 is 0 Å². The number of fused-ring (bicyclic) bond motifs is 1. The van der Waals surface area contributed by atoms with Gasteiger partial charge in [-0.25, -0.2) is 4.98 Å². The minimum Gasteiger partial charge on any atom is -0.497 e. The third-order valence-electron chi connectivity index (χ3n) is 5.28. The number of carbonyl (C=O) groups excluding carboxylic acids is 1. The first-order valence-corrected chi connectivity index (χ1v) is 11.1. The van der Waals surface area contributed by atoms with Crippen LogP contribution in [0.3, 0.4) is 0 Å². The van der Waals surface area contributed by atoms with Crippen LogP contribution < -0.4 is 15.0 Å². The zero-order valence-corrected chi connectivity index (χ0v) is 18.3. The number of methoxy groups -OCH3 is 2. The van der Waals surface area contributed by atoms with Gasteiger partial charge in [0.05, 0.1) is 49.1 Å². The van der Waals surface area contributed by atoms with Gasteiger partial charge in [0.2, 0.25) is 0 Å². The zero-order valence-electron chi connectivity index (χ0n) is 17.5. The van der Waals surface area contributed by atoms with Gasteiger partial charge in [-0.2, -0.15) is 0 Å². The first-order chi connectivity index (χ1) is 15.1. The van der Waals surface area contributed by atoms with Crippen molar-refractivity contribution in [3.63, 3.8) is 0 Å². The molecule has 7 nitrogen and oxygen atoms in total. The third kappa shape index (κ3) is 4.60. The Bertz CT molecular complexity index is 1150. The number of hydrogen-bond donors (Lipinski definition) is 0. The van der Waals surface area contributed by atoms with E-state index in [1.165, 1.54) is 18.9 Å². The average molecular weight is 441 g/mol. The van der Waals surface area contributed by atoms with Gasteiger partial charge in [-0.3, -0.25) is 14.2 Å². The first kappa shape index (κ1) is 21.4. The van der Waals surface area contributed by atoms with E-state index in [4.69, 9.17) is 14.2 Å². The number of nitrogens with zero attached hydrogens (tertiary/aromatic N) is 2. The summed E-state index contributed by atoms with van der Waals surface area (Å²) in [7, 11) is 3.07. The van der Waals surface area contributed by atoms with Crippen molar-refractivity contribution in [3.8, 4) is 11.5 Å². The third-order valence-corrected chi connectivity index (χ3v) is 6.25. The summed E-state index contributed by atoms with van der Waals surface area (Å²) in [4.78, 5) is 30.8. The van der Waals surface area contributed by atoms with Crippen LogP contribution in [0.25, 0.3) is 10.9 Å². The maximum Gasteiger partial charge on any atom is 0.262 e. The molecule has 3 aromatic rings. The number of thioether (sulfide) groups is 1. The van der Waals surface area contributed by atoms with Crippen molar-refractivity contribution in [2.24, 2.45) is 0 Å². The second-order valence-electron chi connectivity index (χ2n) is 7.24. The number of aromatic nitrogens is 2. The lowest BCUT2D eigenvalue weighted by Gasteiger charge is -2.16. The Labute approximate surface area is 184 Å². The fraction of sp³-hybridized carbons (Fsp3) is 0.348. The van der Waals surface area contributed by atoms with E-state index in [0.717, 1.165) is 12.8 Å². The Morgan fingerprint density at radius 1 is 1.23 bits per heavy atom. The number of benzene rings is 2. The van der Waals surface area contributed by atoms with Gasteiger partial charge in [-0.1, -0.05) is 23.9 Å². The predicted molar refractivity (Wildman–Crippen MR) is 120 cm³/mol. The number of carbonyl (C=O) groups is 1. The molecule has 2 aromatic carbocycles. The number of ether oxygens (including phenoxy) is 3. The molecule has 162 valence electrons. The fourth-order valence-corrected chi connectivity index (χ4v) is 4.54.